The molecule has 1 fully saturated rings. The SMILES string of the molecule is CCCn1ncc(Br)c1C(=O)C1CCC(N)C1. The van der Waals surface area contributed by atoms with E-state index in [9.17, 15) is 4.79 Å². The Morgan fingerprint density at radius 3 is 3.00 bits per heavy atom. The zero-order valence-corrected chi connectivity index (χ0v) is 11.6. The highest BCUT2D eigenvalue weighted by Crippen LogP contribution is 2.30. The second-order valence-electron chi connectivity index (χ2n) is 4.70. The van der Waals surface area contributed by atoms with Gasteiger partial charge in [-0.15, -0.1) is 0 Å². The van der Waals surface area contributed by atoms with Crippen molar-refractivity contribution in [2.75, 3.05) is 0 Å². The predicted molar refractivity (Wildman–Crippen MR) is 69.9 cm³/mol. The number of nitrogens with two attached hydrogens (primary N) is 1. The number of rotatable bonds is 4. The molecule has 0 bridgehead atoms. The number of nitrogens with zero attached hydrogens (tertiary/aromatic N) is 2. The maximum Gasteiger partial charge on any atom is 0.185 e. The van der Waals surface area contributed by atoms with Crippen molar-refractivity contribution in [3.63, 3.8) is 0 Å². The van der Waals surface area contributed by atoms with Gasteiger partial charge in [0.2, 0.25) is 0 Å². The predicted octanol–water partition coefficient (Wildman–Crippen LogP) is 2.37. The van der Waals surface area contributed by atoms with Gasteiger partial charge >= 0.3 is 0 Å². The Kier molecular flexibility index (Phi) is 3.99. The Hall–Kier alpha value is -0.680. The molecule has 0 aliphatic heterocycles. The summed E-state index contributed by atoms with van der Waals surface area (Å²) in [6.07, 6.45) is 5.35. The van der Waals surface area contributed by atoms with E-state index in [-0.39, 0.29) is 17.7 Å². The molecule has 5 heteroatoms. The molecule has 1 aliphatic carbocycles. The molecular weight excluding hydrogens is 282 g/mol. The molecular formula is C12H18BrN3O. The third kappa shape index (κ3) is 2.60. The average molecular weight is 300 g/mol. The molecule has 2 rings (SSSR count). The van der Waals surface area contributed by atoms with E-state index in [0.29, 0.717) is 5.69 Å². The highest BCUT2D eigenvalue weighted by atomic mass is 79.9. The molecule has 0 saturated heterocycles. The van der Waals surface area contributed by atoms with Crippen LogP contribution in [0.25, 0.3) is 0 Å². The second-order valence-corrected chi connectivity index (χ2v) is 5.55. The van der Waals surface area contributed by atoms with Gasteiger partial charge in [0, 0.05) is 18.5 Å². The second kappa shape index (κ2) is 5.31. The summed E-state index contributed by atoms with van der Waals surface area (Å²) in [6, 6.07) is 0.185. The van der Waals surface area contributed by atoms with Gasteiger partial charge in [-0.05, 0) is 41.6 Å². The van der Waals surface area contributed by atoms with Gasteiger partial charge in [0.05, 0.1) is 10.7 Å². The topological polar surface area (TPSA) is 60.9 Å². The number of carbonyl (C=O) groups is 1. The summed E-state index contributed by atoms with van der Waals surface area (Å²) >= 11 is 3.41. The lowest BCUT2D eigenvalue weighted by atomic mass is 10.00. The quantitative estimate of drug-likeness (QED) is 0.868. The molecule has 1 heterocycles. The van der Waals surface area contributed by atoms with Crippen molar-refractivity contribution in [2.45, 2.75) is 45.2 Å². The van der Waals surface area contributed by atoms with Crippen LogP contribution in [0.15, 0.2) is 10.7 Å². The fourth-order valence-corrected chi connectivity index (χ4v) is 2.93. The van der Waals surface area contributed by atoms with E-state index >= 15 is 0 Å². The van der Waals surface area contributed by atoms with Crippen molar-refractivity contribution in [1.29, 1.82) is 0 Å². The van der Waals surface area contributed by atoms with Crippen LogP contribution in [-0.2, 0) is 6.54 Å². The first kappa shape index (κ1) is 12.8. The minimum Gasteiger partial charge on any atom is -0.328 e. The molecule has 1 aromatic heterocycles. The number of Topliss-reactive ketones (excluding diaryl/α,β-unsaturated/α-hetero) is 1. The van der Waals surface area contributed by atoms with Crippen LogP contribution in [0.5, 0.6) is 0 Å². The normalized spacial score (nSPS) is 24.2. The fourth-order valence-electron chi connectivity index (χ4n) is 2.44. The third-order valence-corrected chi connectivity index (χ3v) is 3.89. The van der Waals surface area contributed by atoms with E-state index in [1.165, 1.54) is 0 Å². The molecule has 2 unspecified atom stereocenters. The Morgan fingerprint density at radius 1 is 1.65 bits per heavy atom. The lowest BCUT2D eigenvalue weighted by Gasteiger charge is -2.11. The summed E-state index contributed by atoms with van der Waals surface area (Å²) in [4.78, 5) is 12.4. The highest BCUT2D eigenvalue weighted by molar-refractivity contribution is 9.10. The first-order valence-corrected chi connectivity index (χ1v) is 6.93. The van der Waals surface area contributed by atoms with E-state index in [0.717, 1.165) is 36.7 Å². The molecule has 0 amide bonds. The highest BCUT2D eigenvalue weighted by Gasteiger charge is 2.31. The number of hydrogen-bond acceptors (Lipinski definition) is 3. The monoisotopic (exact) mass is 299 g/mol. The van der Waals surface area contributed by atoms with Crippen LogP contribution in [0.4, 0.5) is 0 Å². The first-order valence-electron chi connectivity index (χ1n) is 6.14. The van der Waals surface area contributed by atoms with Gasteiger partial charge in [-0.3, -0.25) is 9.48 Å². The minimum atomic E-state index is 0.0774. The van der Waals surface area contributed by atoms with Gasteiger partial charge < -0.3 is 5.73 Å². The largest absolute Gasteiger partial charge is 0.328 e. The fraction of sp³-hybridized carbons (Fsp3) is 0.667. The van der Waals surface area contributed by atoms with Crippen molar-refractivity contribution in [1.82, 2.24) is 9.78 Å². The molecule has 0 spiro atoms. The van der Waals surface area contributed by atoms with Crippen LogP contribution >= 0.6 is 15.9 Å². The number of aromatic nitrogens is 2. The van der Waals surface area contributed by atoms with Crippen molar-refractivity contribution in [3.8, 4) is 0 Å². The lowest BCUT2D eigenvalue weighted by molar-refractivity contribution is 0.0909. The van der Waals surface area contributed by atoms with Gasteiger partial charge in [-0.2, -0.15) is 5.10 Å². The molecule has 2 atom stereocenters. The van der Waals surface area contributed by atoms with Gasteiger partial charge in [-0.25, -0.2) is 0 Å². The summed E-state index contributed by atoms with van der Waals surface area (Å²) in [7, 11) is 0. The number of hydrogen-bond donors (Lipinski definition) is 1. The Labute approximate surface area is 110 Å². The summed E-state index contributed by atoms with van der Waals surface area (Å²) in [6.45, 7) is 2.86. The Bertz CT molecular complexity index is 416. The number of ketones is 1. The van der Waals surface area contributed by atoms with Gasteiger partial charge in [0.15, 0.2) is 5.78 Å². The summed E-state index contributed by atoms with van der Waals surface area (Å²) in [5, 5.41) is 4.23. The van der Waals surface area contributed by atoms with Crippen LogP contribution in [0.3, 0.4) is 0 Å². The van der Waals surface area contributed by atoms with Crippen LogP contribution < -0.4 is 5.73 Å². The molecule has 0 radical (unpaired) electrons. The standard InChI is InChI=1S/C12H18BrN3O/c1-2-5-16-11(10(13)7-15-16)12(17)8-3-4-9(14)6-8/h7-9H,2-6,14H2,1H3. The van der Waals surface area contributed by atoms with Crippen LogP contribution in [-0.4, -0.2) is 21.6 Å². The van der Waals surface area contributed by atoms with Crippen molar-refractivity contribution < 1.29 is 4.79 Å². The Balaban J connectivity index is 2.21. The maximum absolute atomic E-state index is 12.4. The van der Waals surface area contributed by atoms with Crippen molar-refractivity contribution >= 4 is 21.7 Å². The van der Waals surface area contributed by atoms with Crippen LogP contribution in [0.2, 0.25) is 0 Å². The summed E-state index contributed by atoms with van der Waals surface area (Å²) in [5.74, 6) is 0.268. The lowest BCUT2D eigenvalue weighted by Crippen LogP contribution is -2.20. The van der Waals surface area contributed by atoms with E-state index in [1.54, 1.807) is 10.9 Å². The molecule has 17 heavy (non-hydrogen) atoms. The first-order chi connectivity index (χ1) is 8.13. The average Bonchev–Trinajstić information content (AvgIpc) is 2.86. The van der Waals surface area contributed by atoms with Gasteiger partial charge in [0.1, 0.15) is 5.69 Å². The molecule has 4 nitrogen and oxygen atoms in total. The molecule has 1 aromatic rings. The zero-order chi connectivity index (χ0) is 12.4. The molecule has 1 aliphatic rings. The maximum atomic E-state index is 12.4. The van der Waals surface area contributed by atoms with E-state index < -0.39 is 0 Å². The minimum absolute atomic E-state index is 0.0774. The number of halogens is 1. The molecule has 0 aromatic carbocycles. The summed E-state index contributed by atoms with van der Waals surface area (Å²) < 4.78 is 2.60. The van der Waals surface area contributed by atoms with Crippen LogP contribution in [0.1, 0.15) is 43.1 Å². The molecule has 94 valence electrons. The van der Waals surface area contributed by atoms with E-state index in [4.69, 9.17) is 5.73 Å². The van der Waals surface area contributed by atoms with Gasteiger partial charge in [-0.1, -0.05) is 6.92 Å². The van der Waals surface area contributed by atoms with Crippen molar-refractivity contribution in [2.24, 2.45) is 11.7 Å². The van der Waals surface area contributed by atoms with Gasteiger partial charge in [0.25, 0.3) is 0 Å². The number of aryl methyl sites for hydroxylation is 1. The smallest absolute Gasteiger partial charge is 0.185 e. The Morgan fingerprint density at radius 2 is 2.41 bits per heavy atom. The third-order valence-electron chi connectivity index (χ3n) is 3.31. The number of carbonyl (C=O) groups excluding carboxylic acids is 1. The zero-order valence-electron chi connectivity index (χ0n) is 10.0. The molecule has 1 saturated carbocycles. The van der Waals surface area contributed by atoms with E-state index in [2.05, 4.69) is 28.0 Å². The van der Waals surface area contributed by atoms with Crippen molar-refractivity contribution in [3.05, 3.63) is 16.4 Å². The van der Waals surface area contributed by atoms with E-state index in [1.807, 2.05) is 0 Å². The molecule has 2 N–H and O–H groups in total. The van der Waals surface area contributed by atoms with Crippen LogP contribution in [0, 0.1) is 5.92 Å². The summed E-state index contributed by atoms with van der Waals surface area (Å²) in [5.41, 5.74) is 6.58.